The van der Waals surface area contributed by atoms with Crippen LogP contribution < -0.4 is 4.72 Å². The van der Waals surface area contributed by atoms with Crippen molar-refractivity contribution in [3.63, 3.8) is 0 Å². The van der Waals surface area contributed by atoms with Gasteiger partial charge in [-0.05, 0) is 51.8 Å². The van der Waals surface area contributed by atoms with Gasteiger partial charge in [0.05, 0.1) is 4.90 Å². The highest BCUT2D eigenvalue weighted by molar-refractivity contribution is 7.89. The van der Waals surface area contributed by atoms with E-state index in [9.17, 15) is 13.2 Å². The number of benzene rings is 1. The number of likely N-dealkylation sites (tertiary alicyclic amines) is 1. The minimum Gasteiger partial charge on any atom is -0.336 e. The van der Waals surface area contributed by atoms with Gasteiger partial charge in [-0.25, -0.2) is 13.1 Å². The Morgan fingerprint density at radius 1 is 1.23 bits per heavy atom. The lowest BCUT2D eigenvalue weighted by Gasteiger charge is -2.32. The molecule has 1 unspecified atom stereocenters. The van der Waals surface area contributed by atoms with Crippen molar-refractivity contribution in [2.24, 2.45) is 0 Å². The fourth-order valence-corrected chi connectivity index (χ4v) is 4.27. The van der Waals surface area contributed by atoms with Crippen LogP contribution in [0.5, 0.6) is 0 Å². The summed E-state index contributed by atoms with van der Waals surface area (Å²) < 4.78 is 27.8. The van der Waals surface area contributed by atoms with Gasteiger partial charge in [0.2, 0.25) is 15.9 Å². The molecule has 1 fully saturated rings. The number of hydrogen-bond acceptors (Lipinski definition) is 3. The second-order valence-electron chi connectivity index (χ2n) is 6.97. The van der Waals surface area contributed by atoms with Gasteiger partial charge in [0.25, 0.3) is 0 Å². The first-order valence-corrected chi connectivity index (χ1v) is 8.89. The fourth-order valence-electron chi connectivity index (χ4n) is 2.71. The highest BCUT2D eigenvalue weighted by Crippen LogP contribution is 2.24. The van der Waals surface area contributed by atoms with Crippen molar-refractivity contribution in [2.75, 3.05) is 6.54 Å². The number of sulfonamides is 1. The average Bonchev–Trinajstić information content (AvgIpc) is 2.72. The van der Waals surface area contributed by atoms with Crippen LogP contribution in [0.2, 0.25) is 0 Å². The maximum absolute atomic E-state index is 12.6. The predicted molar refractivity (Wildman–Crippen MR) is 86.1 cm³/mol. The van der Waals surface area contributed by atoms with Crippen LogP contribution in [0.4, 0.5) is 0 Å². The number of hydrogen-bond donors (Lipinski definition) is 1. The largest absolute Gasteiger partial charge is 0.336 e. The Kier molecular flexibility index (Phi) is 4.37. The first kappa shape index (κ1) is 17.0. The first-order valence-electron chi connectivity index (χ1n) is 7.41. The molecule has 1 heterocycles. The lowest BCUT2D eigenvalue weighted by atomic mass is 10.1. The Hall–Kier alpha value is -1.40. The number of carbonyl (C=O) groups is 1. The number of carbonyl (C=O) groups excluding carboxylic acids is 1. The van der Waals surface area contributed by atoms with Crippen molar-refractivity contribution in [2.45, 2.75) is 57.5 Å². The molecule has 0 saturated carbocycles. The lowest BCUT2D eigenvalue weighted by Crippen LogP contribution is -2.44. The molecule has 122 valence electrons. The number of rotatable bonds is 3. The SMILES string of the molecule is Cc1ccc(C)c(S(=O)(=O)NC2CC(=O)N(C(C)(C)C)C2)c1. The van der Waals surface area contributed by atoms with E-state index in [0.717, 1.165) is 5.56 Å². The van der Waals surface area contributed by atoms with Gasteiger partial charge in [0, 0.05) is 24.5 Å². The topological polar surface area (TPSA) is 66.5 Å². The zero-order valence-electron chi connectivity index (χ0n) is 13.8. The Balaban J connectivity index is 2.20. The van der Waals surface area contributed by atoms with E-state index < -0.39 is 10.0 Å². The van der Waals surface area contributed by atoms with E-state index in [0.29, 0.717) is 12.1 Å². The number of nitrogens with zero attached hydrogens (tertiary/aromatic N) is 1. The van der Waals surface area contributed by atoms with E-state index in [1.807, 2.05) is 33.8 Å². The zero-order chi connectivity index (χ0) is 16.7. The first-order chi connectivity index (χ1) is 10.0. The van der Waals surface area contributed by atoms with E-state index >= 15 is 0 Å². The minimum absolute atomic E-state index is 0.0128. The molecular formula is C16H24N2O3S. The van der Waals surface area contributed by atoms with Gasteiger partial charge >= 0.3 is 0 Å². The summed E-state index contributed by atoms with van der Waals surface area (Å²) in [6.07, 6.45) is 0.210. The average molecular weight is 324 g/mol. The quantitative estimate of drug-likeness (QED) is 0.924. The molecule has 22 heavy (non-hydrogen) atoms. The summed E-state index contributed by atoms with van der Waals surface area (Å²) in [6.45, 7) is 9.89. The van der Waals surface area contributed by atoms with Crippen LogP contribution in [0.15, 0.2) is 23.1 Å². The molecule has 1 N–H and O–H groups in total. The monoisotopic (exact) mass is 324 g/mol. The number of amides is 1. The third kappa shape index (κ3) is 3.50. The van der Waals surface area contributed by atoms with Crippen molar-refractivity contribution in [3.05, 3.63) is 29.3 Å². The molecule has 1 aliphatic rings. The molecule has 1 aromatic rings. The third-order valence-electron chi connectivity index (χ3n) is 3.89. The van der Waals surface area contributed by atoms with E-state index in [4.69, 9.17) is 0 Å². The van der Waals surface area contributed by atoms with Gasteiger partial charge in [-0.15, -0.1) is 0 Å². The lowest BCUT2D eigenvalue weighted by molar-refractivity contribution is -0.131. The highest BCUT2D eigenvalue weighted by atomic mass is 32.2. The van der Waals surface area contributed by atoms with Crippen molar-refractivity contribution in [1.29, 1.82) is 0 Å². The van der Waals surface area contributed by atoms with Gasteiger partial charge < -0.3 is 4.90 Å². The molecule has 0 spiro atoms. The molecule has 1 amide bonds. The minimum atomic E-state index is -3.62. The van der Waals surface area contributed by atoms with Crippen LogP contribution >= 0.6 is 0 Å². The van der Waals surface area contributed by atoms with E-state index in [1.54, 1.807) is 24.0 Å². The standard InChI is InChI=1S/C16H24N2O3S/c1-11-6-7-12(2)14(8-11)22(20,21)17-13-9-15(19)18(10-13)16(3,4)5/h6-8,13,17H,9-10H2,1-5H3. The van der Waals surface area contributed by atoms with Crippen LogP contribution in [-0.2, 0) is 14.8 Å². The maximum atomic E-state index is 12.6. The number of nitrogens with one attached hydrogen (secondary N) is 1. The molecule has 2 rings (SSSR count). The van der Waals surface area contributed by atoms with Crippen LogP contribution in [0.25, 0.3) is 0 Å². The molecule has 5 nitrogen and oxygen atoms in total. The molecular weight excluding hydrogens is 300 g/mol. The van der Waals surface area contributed by atoms with Crippen molar-refractivity contribution >= 4 is 15.9 Å². The van der Waals surface area contributed by atoms with Crippen molar-refractivity contribution in [3.8, 4) is 0 Å². The molecule has 1 atom stereocenters. The molecule has 0 aliphatic carbocycles. The Morgan fingerprint density at radius 2 is 1.86 bits per heavy atom. The van der Waals surface area contributed by atoms with Crippen LogP contribution in [-0.4, -0.2) is 37.4 Å². The van der Waals surface area contributed by atoms with Crippen LogP contribution in [0.3, 0.4) is 0 Å². The van der Waals surface area contributed by atoms with Crippen LogP contribution in [0, 0.1) is 13.8 Å². The summed E-state index contributed by atoms with van der Waals surface area (Å²) in [5, 5.41) is 0. The van der Waals surface area contributed by atoms with Gasteiger partial charge in [-0.1, -0.05) is 12.1 Å². The Bertz CT molecular complexity index is 690. The fraction of sp³-hybridized carbons (Fsp3) is 0.562. The summed E-state index contributed by atoms with van der Waals surface area (Å²) in [4.78, 5) is 14.1. The summed E-state index contributed by atoms with van der Waals surface area (Å²) in [5.41, 5.74) is 1.30. The van der Waals surface area contributed by atoms with E-state index in [2.05, 4.69) is 4.72 Å². The Morgan fingerprint density at radius 3 is 2.41 bits per heavy atom. The second-order valence-corrected chi connectivity index (χ2v) is 8.65. The summed E-state index contributed by atoms with van der Waals surface area (Å²) in [7, 11) is -3.62. The van der Waals surface area contributed by atoms with Gasteiger partial charge in [0.1, 0.15) is 0 Å². The Labute approximate surface area is 132 Å². The zero-order valence-corrected chi connectivity index (χ0v) is 14.6. The van der Waals surface area contributed by atoms with Gasteiger partial charge in [-0.2, -0.15) is 0 Å². The molecule has 0 bridgehead atoms. The van der Waals surface area contributed by atoms with Crippen molar-refractivity contribution < 1.29 is 13.2 Å². The molecule has 6 heteroatoms. The van der Waals surface area contributed by atoms with E-state index in [1.165, 1.54) is 0 Å². The van der Waals surface area contributed by atoms with Gasteiger partial charge in [-0.3, -0.25) is 4.79 Å². The maximum Gasteiger partial charge on any atom is 0.241 e. The molecule has 0 radical (unpaired) electrons. The molecule has 1 aromatic carbocycles. The number of aryl methyl sites for hydroxylation is 2. The van der Waals surface area contributed by atoms with Gasteiger partial charge in [0.15, 0.2) is 0 Å². The van der Waals surface area contributed by atoms with Crippen LogP contribution in [0.1, 0.15) is 38.3 Å². The third-order valence-corrected chi connectivity index (χ3v) is 5.55. The smallest absolute Gasteiger partial charge is 0.241 e. The molecule has 0 aromatic heterocycles. The molecule has 1 aliphatic heterocycles. The summed E-state index contributed by atoms with van der Waals surface area (Å²) in [6, 6.07) is 4.97. The normalized spacial score (nSPS) is 19.8. The van der Waals surface area contributed by atoms with E-state index in [-0.39, 0.29) is 28.8 Å². The summed E-state index contributed by atoms with van der Waals surface area (Å²) >= 11 is 0. The predicted octanol–water partition coefficient (Wildman–Crippen LogP) is 1.98. The van der Waals surface area contributed by atoms with Crippen molar-refractivity contribution in [1.82, 2.24) is 9.62 Å². The second kappa shape index (κ2) is 5.66. The molecule has 1 saturated heterocycles. The summed E-state index contributed by atoms with van der Waals surface area (Å²) in [5.74, 6) is -0.0128. The highest BCUT2D eigenvalue weighted by Gasteiger charge is 2.38.